The predicted molar refractivity (Wildman–Crippen MR) is 108 cm³/mol. The molecule has 0 spiro atoms. The maximum Gasteiger partial charge on any atom is 0.348 e. The van der Waals surface area contributed by atoms with Crippen LogP contribution in [0.5, 0.6) is 5.75 Å². The molecule has 5 nitrogen and oxygen atoms in total. The van der Waals surface area contributed by atoms with Crippen LogP contribution in [0.1, 0.15) is 18.1 Å². The first-order chi connectivity index (χ1) is 13.4. The van der Waals surface area contributed by atoms with Gasteiger partial charge in [-0.05, 0) is 54.5 Å². The molecule has 0 aliphatic rings. The van der Waals surface area contributed by atoms with Gasteiger partial charge in [0, 0.05) is 16.1 Å². The number of carbonyl (C=O) groups excluding carboxylic acids is 2. The lowest BCUT2D eigenvalue weighted by Crippen LogP contribution is -2.06. The van der Waals surface area contributed by atoms with Crippen LogP contribution in [0.4, 0.5) is 0 Å². The van der Waals surface area contributed by atoms with Crippen LogP contribution in [-0.2, 0) is 14.3 Å². The van der Waals surface area contributed by atoms with E-state index in [2.05, 4.69) is 0 Å². The van der Waals surface area contributed by atoms with Crippen molar-refractivity contribution in [3.8, 4) is 11.8 Å². The van der Waals surface area contributed by atoms with Gasteiger partial charge in [0.1, 0.15) is 17.4 Å². The molecule has 0 saturated heterocycles. The molecule has 0 radical (unpaired) electrons. The number of hydrogen-bond donors (Lipinski definition) is 0. The molecule has 0 amide bonds. The van der Waals surface area contributed by atoms with E-state index in [1.165, 1.54) is 24.3 Å². The van der Waals surface area contributed by atoms with Crippen molar-refractivity contribution < 1.29 is 19.1 Å². The van der Waals surface area contributed by atoms with Crippen LogP contribution in [0, 0.1) is 11.3 Å². The third-order valence-corrected chi connectivity index (χ3v) is 3.93. The number of carbonyl (C=O) groups is 2. The van der Waals surface area contributed by atoms with Crippen LogP contribution >= 0.6 is 23.2 Å². The third-order valence-electron chi connectivity index (χ3n) is 3.36. The van der Waals surface area contributed by atoms with Crippen molar-refractivity contribution in [2.45, 2.75) is 6.92 Å². The Hall–Kier alpha value is -3.07. The van der Waals surface area contributed by atoms with Gasteiger partial charge in [0.05, 0.1) is 6.61 Å². The molecule has 0 unspecified atom stereocenters. The summed E-state index contributed by atoms with van der Waals surface area (Å²) < 4.78 is 10.0. The quantitative estimate of drug-likeness (QED) is 0.284. The number of hydrogen-bond acceptors (Lipinski definition) is 5. The molecule has 0 heterocycles. The molecule has 0 fully saturated rings. The molecule has 28 heavy (non-hydrogen) atoms. The Kier molecular flexibility index (Phi) is 7.82. The van der Waals surface area contributed by atoms with Gasteiger partial charge in [-0.15, -0.1) is 0 Å². The van der Waals surface area contributed by atoms with E-state index in [0.29, 0.717) is 21.2 Å². The second kappa shape index (κ2) is 10.3. The van der Waals surface area contributed by atoms with Crippen molar-refractivity contribution in [1.82, 2.24) is 0 Å². The molecular formula is C21H15Cl2NO4. The smallest absolute Gasteiger partial charge is 0.348 e. The molecule has 0 aliphatic heterocycles. The fraction of sp³-hybridized carbons (Fsp3) is 0.0952. The summed E-state index contributed by atoms with van der Waals surface area (Å²) in [6.45, 7) is 1.82. The molecule has 0 saturated carbocycles. The summed E-state index contributed by atoms with van der Waals surface area (Å²) in [5, 5.41) is 9.99. The SMILES string of the molecule is CCOC(=O)C(C#N)=Cc1cccc(OC(=O)C=Cc2ccc(Cl)cc2Cl)c1. The maximum absolute atomic E-state index is 12.0. The monoisotopic (exact) mass is 415 g/mol. The highest BCUT2D eigenvalue weighted by molar-refractivity contribution is 6.35. The fourth-order valence-electron chi connectivity index (χ4n) is 2.12. The van der Waals surface area contributed by atoms with E-state index in [4.69, 9.17) is 37.9 Å². The summed E-state index contributed by atoms with van der Waals surface area (Å²) in [6, 6.07) is 13.1. The van der Waals surface area contributed by atoms with Gasteiger partial charge in [0.15, 0.2) is 0 Å². The molecule has 2 aromatic rings. The number of benzene rings is 2. The average molecular weight is 416 g/mol. The lowest BCUT2D eigenvalue weighted by molar-refractivity contribution is -0.138. The number of rotatable bonds is 6. The summed E-state index contributed by atoms with van der Waals surface area (Å²) in [6.07, 6.45) is 4.11. The molecule has 142 valence electrons. The van der Waals surface area contributed by atoms with E-state index in [1.807, 2.05) is 0 Å². The van der Waals surface area contributed by atoms with Crippen molar-refractivity contribution in [1.29, 1.82) is 5.26 Å². The van der Waals surface area contributed by atoms with Gasteiger partial charge in [0.2, 0.25) is 0 Å². The molecule has 0 aromatic heterocycles. The number of nitrogens with zero attached hydrogens (tertiary/aromatic N) is 1. The summed E-state index contributed by atoms with van der Waals surface area (Å²) in [4.78, 5) is 23.7. The first kappa shape index (κ1) is 21.2. The van der Waals surface area contributed by atoms with Crippen molar-refractivity contribution in [3.05, 3.63) is 75.3 Å². The van der Waals surface area contributed by atoms with Crippen molar-refractivity contribution >= 4 is 47.3 Å². The summed E-state index contributed by atoms with van der Waals surface area (Å²) in [7, 11) is 0. The molecule has 7 heteroatoms. The molecule has 0 aliphatic carbocycles. The van der Waals surface area contributed by atoms with Gasteiger partial charge in [-0.3, -0.25) is 0 Å². The Morgan fingerprint density at radius 3 is 2.64 bits per heavy atom. The molecule has 0 N–H and O–H groups in total. The van der Waals surface area contributed by atoms with Gasteiger partial charge in [0.25, 0.3) is 0 Å². The zero-order chi connectivity index (χ0) is 20.5. The Balaban J connectivity index is 2.11. The third kappa shape index (κ3) is 6.27. The van der Waals surface area contributed by atoms with Crippen LogP contribution in [0.3, 0.4) is 0 Å². The topological polar surface area (TPSA) is 76.4 Å². The van der Waals surface area contributed by atoms with Gasteiger partial charge >= 0.3 is 11.9 Å². The van der Waals surface area contributed by atoms with Crippen LogP contribution < -0.4 is 4.74 Å². The Morgan fingerprint density at radius 1 is 1.18 bits per heavy atom. The second-order valence-corrected chi connectivity index (χ2v) is 6.23. The van der Waals surface area contributed by atoms with E-state index in [-0.39, 0.29) is 17.9 Å². The molecule has 0 bridgehead atoms. The number of nitriles is 1. The van der Waals surface area contributed by atoms with Crippen molar-refractivity contribution in [3.63, 3.8) is 0 Å². The largest absolute Gasteiger partial charge is 0.462 e. The van der Waals surface area contributed by atoms with E-state index >= 15 is 0 Å². The van der Waals surface area contributed by atoms with Gasteiger partial charge in [-0.2, -0.15) is 5.26 Å². The Morgan fingerprint density at radius 2 is 1.96 bits per heavy atom. The average Bonchev–Trinajstić information content (AvgIpc) is 2.66. The van der Waals surface area contributed by atoms with Gasteiger partial charge in [-0.1, -0.05) is 41.4 Å². The van der Waals surface area contributed by atoms with E-state index in [1.54, 1.807) is 49.4 Å². The summed E-state index contributed by atoms with van der Waals surface area (Å²) >= 11 is 11.9. The van der Waals surface area contributed by atoms with Gasteiger partial charge < -0.3 is 9.47 Å². The van der Waals surface area contributed by atoms with Crippen molar-refractivity contribution in [2.24, 2.45) is 0 Å². The standard InChI is InChI=1S/C21H15Cl2NO4/c1-2-27-21(26)16(13-24)10-14-4-3-5-18(11-14)28-20(25)9-7-15-6-8-17(22)12-19(15)23/h3-12H,2H2,1H3. The first-order valence-corrected chi connectivity index (χ1v) is 8.92. The van der Waals surface area contributed by atoms with E-state index < -0.39 is 11.9 Å². The predicted octanol–water partition coefficient (Wildman–Crippen LogP) is 5.08. The van der Waals surface area contributed by atoms with Crippen molar-refractivity contribution in [2.75, 3.05) is 6.61 Å². The molecular weight excluding hydrogens is 401 g/mol. The molecule has 0 atom stereocenters. The Labute approximate surface area is 172 Å². The van der Waals surface area contributed by atoms with E-state index in [0.717, 1.165) is 0 Å². The van der Waals surface area contributed by atoms with Crippen LogP contribution in [-0.4, -0.2) is 18.5 Å². The number of esters is 2. The lowest BCUT2D eigenvalue weighted by Gasteiger charge is -2.04. The van der Waals surface area contributed by atoms with Crippen LogP contribution in [0.25, 0.3) is 12.2 Å². The number of ether oxygens (including phenoxy) is 2. The van der Waals surface area contributed by atoms with E-state index in [9.17, 15) is 9.59 Å². The zero-order valence-corrected chi connectivity index (χ0v) is 16.3. The normalized spacial score (nSPS) is 11.1. The molecule has 2 aromatic carbocycles. The minimum Gasteiger partial charge on any atom is -0.462 e. The zero-order valence-electron chi connectivity index (χ0n) is 14.8. The highest BCUT2D eigenvalue weighted by atomic mass is 35.5. The highest BCUT2D eigenvalue weighted by Crippen LogP contribution is 2.22. The van der Waals surface area contributed by atoms with Crippen LogP contribution in [0.2, 0.25) is 10.0 Å². The summed E-state index contributed by atoms with van der Waals surface area (Å²) in [5.74, 6) is -1.07. The lowest BCUT2D eigenvalue weighted by atomic mass is 10.1. The number of halogens is 2. The summed E-state index contributed by atoms with van der Waals surface area (Å²) in [5.41, 5.74) is 0.982. The Bertz CT molecular complexity index is 990. The highest BCUT2D eigenvalue weighted by Gasteiger charge is 2.10. The van der Waals surface area contributed by atoms with Gasteiger partial charge in [-0.25, -0.2) is 9.59 Å². The fourth-order valence-corrected chi connectivity index (χ4v) is 2.60. The minimum atomic E-state index is -0.713. The molecule has 2 rings (SSSR count). The second-order valence-electron chi connectivity index (χ2n) is 5.38. The first-order valence-electron chi connectivity index (χ1n) is 8.17. The minimum absolute atomic E-state index is 0.150. The van der Waals surface area contributed by atoms with Crippen LogP contribution in [0.15, 0.2) is 54.1 Å². The maximum atomic E-state index is 12.0.